The van der Waals surface area contributed by atoms with Crippen LogP contribution in [0.5, 0.6) is 0 Å². The van der Waals surface area contributed by atoms with Crippen molar-refractivity contribution in [3.8, 4) is 39.1 Å². The van der Waals surface area contributed by atoms with Gasteiger partial charge in [0.05, 0.1) is 16.7 Å². The molecule has 0 bridgehead atoms. The molecule has 0 spiro atoms. The molecule has 0 saturated heterocycles. The van der Waals surface area contributed by atoms with Crippen LogP contribution in [0.2, 0.25) is 0 Å². The minimum atomic E-state index is 1.16. The molecule has 502 valence electrons. The molecule has 0 aliphatic heterocycles. The first-order valence-electron chi connectivity index (χ1n) is 36.2. The summed E-state index contributed by atoms with van der Waals surface area (Å²) in [5, 5.41) is 15.3. The molecule has 0 amide bonds. The minimum absolute atomic E-state index is 1.16. The number of anilines is 6. The summed E-state index contributed by atoms with van der Waals surface area (Å²) in [6, 6.07) is 146. The van der Waals surface area contributed by atoms with E-state index in [1.54, 1.807) is 0 Å². The molecule has 105 heavy (non-hydrogen) atoms. The summed E-state index contributed by atoms with van der Waals surface area (Å²) in [5.74, 6) is 0. The number of hydrogen-bond donors (Lipinski definition) is 0. The van der Waals surface area contributed by atoms with E-state index in [9.17, 15) is 0 Å². The highest BCUT2D eigenvalue weighted by Gasteiger charge is 2.20. The van der Waals surface area contributed by atoms with E-state index in [1.165, 1.54) is 165 Å². The Morgan fingerprint density at radius 2 is 0.524 bits per heavy atom. The van der Waals surface area contributed by atoms with Gasteiger partial charge < -0.3 is 14.4 Å². The van der Waals surface area contributed by atoms with Gasteiger partial charge in [0.25, 0.3) is 0 Å². The number of benzene rings is 18. The molecular formula is C102H79N3. The maximum absolute atomic E-state index is 2.40. The van der Waals surface area contributed by atoms with E-state index in [4.69, 9.17) is 0 Å². The van der Waals surface area contributed by atoms with Crippen molar-refractivity contribution in [3.05, 3.63) is 429 Å². The topological polar surface area (TPSA) is 11.4 Å². The van der Waals surface area contributed by atoms with Gasteiger partial charge in [-0.1, -0.05) is 320 Å². The molecule has 3 heteroatoms. The number of hydrogen-bond acceptors (Lipinski definition) is 2. The fourth-order valence-electron chi connectivity index (χ4n) is 14.7. The monoisotopic (exact) mass is 1350 g/mol. The number of aromatic nitrogens is 1. The van der Waals surface area contributed by atoms with Gasteiger partial charge in [-0.05, 0) is 219 Å². The summed E-state index contributed by atoms with van der Waals surface area (Å²) >= 11 is 0. The average Bonchev–Trinajstić information content (AvgIpc) is 1.64. The second-order valence-corrected chi connectivity index (χ2v) is 27.1. The van der Waals surface area contributed by atoms with Crippen LogP contribution in [0, 0.1) is 27.7 Å². The molecule has 0 N–H and O–H groups in total. The quantitative estimate of drug-likeness (QED) is 0.126. The Balaban J connectivity index is 0.000000114. The molecule has 1 heterocycles. The smallest absolute Gasteiger partial charge is 0.0541 e. The van der Waals surface area contributed by atoms with Crippen LogP contribution in [0.1, 0.15) is 22.3 Å². The highest BCUT2D eigenvalue weighted by molar-refractivity contribution is 6.23. The molecule has 0 saturated carbocycles. The van der Waals surface area contributed by atoms with Gasteiger partial charge in [0, 0.05) is 50.3 Å². The third-order valence-corrected chi connectivity index (χ3v) is 20.0. The first kappa shape index (κ1) is 66.2. The molecule has 3 nitrogen and oxygen atoms in total. The summed E-state index contributed by atoms with van der Waals surface area (Å²) in [6.45, 7) is 8.49. The molecule has 1 aromatic heterocycles. The Hall–Kier alpha value is -13.3. The lowest BCUT2D eigenvalue weighted by Gasteiger charge is -2.26. The van der Waals surface area contributed by atoms with Gasteiger partial charge in [-0.25, -0.2) is 0 Å². The zero-order valence-corrected chi connectivity index (χ0v) is 59.5. The Bertz CT molecular complexity index is 6120. The zero-order valence-electron chi connectivity index (χ0n) is 59.5. The largest absolute Gasteiger partial charge is 0.311 e. The second-order valence-electron chi connectivity index (χ2n) is 27.1. The van der Waals surface area contributed by atoms with E-state index in [1.807, 2.05) is 12.1 Å². The first-order chi connectivity index (χ1) is 51.7. The normalized spacial score (nSPS) is 11.0. The zero-order chi connectivity index (χ0) is 71.0. The Labute approximate surface area is 615 Å². The van der Waals surface area contributed by atoms with Gasteiger partial charge in [-0.15, -0.1) is 0 Å². The first-order valence-corrected chi connectivity index (χ1v) is 36.2. The molecule has 0 aliphatic rings. The highest BCUT2D eigenvalue weighted by atomic mass is 15.1. The number of nitrogens with zero attached hydrogens (tertiary/aromatic N) is 3. The van der Waals surface area contributed by atoms with Crippen molar-refractivity contribution >= 4 is 110 Å². The number of para-hydroxylation sites is 5. The van der Waals surface area contributed by atoms with Crippen molar-refractivity contribution in [2.45, 2.75) is 27.7 Å². The van der Waals surface area contributed by atoms with Crippen LogP contribution in [0.25, 0.3) is 115 Å². The number of rotatable bonds is 10. The molecule has 0 unspecified atom stereocenters. The number of aryl methyl sites for hydroxylation is 4. The SMILES string of the molecule is Cc1ccc(-c2ccc3c(-c4ccc5ccccc5c4)c4ccccc4c(-c4ccc5ccccc5c4)c3c2)cc1.Cc1ccc(-n2c3ccccc3c3ccccc32)cc1.Cc1ccc(N(c2ccccc2)c2cccc3ccccc23)cc1.Cc1ccc(N(c2ccccc2)c2ccccc2)cc1. The highest BCUT2D eigenvalue weighted by Crippen LogP contribution is 2.47. The van der Waals surface area contributed by atoms with Gasteiger partial charge in [0.2, 0.25) is 0 Å². The van der Waals surface area contributed by atoms with Gasteiger partial charge in [-0.2, -0.15) is 0 Å². The van der Waals surface area contributed by atoms with Crippen LogP contribution in [-0.4, -0.2) is 4.57 Å². The predicted octanol–water partition coefficient (Wildman–Crippen LogP) is 28.8. The average molecular weight is 1350 g/mol. The predicted molar refractivity (Wildman–Crippen MR) is 452 cm³/mol. The van der Waals surface area contributed by atoms with Crippen LogP contribution in [-0.2, 0) is 0 Å². The molecule has 18 aromatic carbocycles. The molecule has 0 atom stereocenters. The summed E-state index contributed by atoms with van der Waals surface area (Å²) in [4.78, 5) is 4.58. The van der Waals surface area contributed by atoms with E-state index in [-0.39, 0.29) is 0 Å². The molecular weight excluding hydrogens is 1270 g/mol. The van der Waals surface area contributed by atoms with Crippen molar-refractivity contribution in [1.29, 1.82) is 0 Å². The van der Waals surface area contributed by atoms with Crippen LogP contribution >= 0.6 is 0 Å². The molecule has 19 aromatic rings. The summed E-state index contributed by atoms with van der Waals surface area (Å²) < 4.78 is 2.34. The molecule has 19 rings (SSSR count). The minimum Gasteiger partial charge on any atom is -0.311 e. The Kier molecular flexibility index (Phi) is 19.0. The van der Waals surface area contributed by atoms with Crippen molar-refractivity contribution in [3.63, 3.8) is 0 Å². The lowest BCUT2D eigenvalue weighted by molar-refractivity contribution is 1.17. The van der Waals surface area contributed by atoms with E-state index < -0.39 is 0 Å². The van der Waals surface area contributed by atoms with Crippen LogP contribution in [0.15, 0.2) is 406 Å². The van der Waals surface area contributed by atoms with E-state index in [0.717, 1.165) is 5.69 Å². The fraction of sp³-hybridized carbons (Fsp3) is 0.0392. The lowest BCUT2D eigenvalue weighted by Crippen LogP contribution is -2.10. The standard InChI is InChI=1S/C41H28.C23H19N.C19H15N.C19H17N/c1-27-14-16-30(17-15-27)33-22-23-38-39(26-33)41(35-21-19-29-9-3-5-11-32(29)25-35)37-13-7-6-12-36(37)40(38)34-20-18-28-8-2-4-10-31(28)24-34;1-18-14-16-21(17-15-18)24(20-10-3-2-4-11-20)23-13-7-9-19-8-5-6-12-22(19)23;1-14-10-12-15(13-11-14)20-18-8-4-2-6-16(18)17-7-3-5-9-19(17)20;1-16-12-14-19(15-13-16)20(17-8-4-2-5-9-17)18-10-6-3-7-11-18/h2-26H,1H3;2-17H,1H3;2-13H,1H3;2-15H,1H3. The van der Waals surface area contributed by atoms with E-state index >= 15 is 0 Å². The third kappa shape index (κ3) is 14.0. The second kappa shape index (κ2) is 30.1. The van der Waals surface area contributed by atoms with Crippen LogP contribution in [0.3, 0.4) is 0 Å². The third-order valence-electron chi connectivity index (χ3n) is 20.0. The van der Waals surface area contributed by atoms with Crippen molar-refractivity contribution in [2.24, 2.45) is 0 Å². The summed E-state index contributed by atoms with van der Waals surface area (Å²) in [7, 11) is 0. The van der Waals surface area contributed by atoms with Crippen LogP contribution in [0.4, 0.5) is 34.1 Å². The van der Waals surface area contributed by atoms with Crippen molar-refractivity contribution < 1.29 is 0 Å². The van der Waals surface area contributed by atoms with Crippen molar-refractivity contribution in [1.82, 2.24) is 4.57 Å². The van der Waals surface area contributed by atoms with Gasteiger partial charge in [-0.3, -0.25) is 0 Å². The Morgan fingerprint density at radius 3 is 1.02 bits per heavy atom. The van der Waals surface area contributed by atoms with Gasteiger partial charge in [0.1, 0.15) is 0 Å². The lowest BCUT2D eigenvalue weighted by atomic mass is 9.84. The molecule has 0 fully saturated rings. The van der Waals surface area contributed by atoms with Crippen molar-refractivity contribution in [2.75, 3.05) is 9.80 Å². The molecule has 0 aliphatic carbocycles. The summed E-state index contributed by atoms with van der Waals surface area (Å²) in [5.41, 5.74) is 23.4. The Morgan fingerprint density at radius 1 is 0.190 bits per heavy atom. The van der Waals surface area contributed by atoms with Gasteiger partial charge >= 0.3 is 0 Å². The fourth-order valence-corrected chi connectivity index (χ4v) is 14.7. The van der Waals surface area contributed by atoms with Gasteiger partial charge in [0.15, 0.2) is 0 Å². The molecule has 0 radical (unpaired) electrons. The van der Waals surface area contributed by atoms with E-state index in [2.05, 4.69) is 436 Å². The van der Waals surface area contributed by atoms with E-state index in [0.29, 0.717) is 0 Å². The number of fused-ring (bicyclic) bond motifs is 8. The maximum atomic E-state index is 2.40. The van der Waals surface area contributed by atoms with Crippen LogP contribution < -0.4 is 9.80 Å². The maximum Gasteiger partial charge on any atom is 0.0541 e. The summed E-state index contributed by atoms with van der Waals surface area (Å²) in [6.07, 6.45) is 0.